The summed E-state index contributed by atoms with van der Waals surface area (Å²) < 4.78 is 36.7. The van der Waals surface area contributed by atoms with Crippen LogP contribution in [0.4, 0.5) is 13.2 Å². The fourth-order valence-electron chi connectivity index (χ4n) is 1.32. The van der Waals surface area contributed by atoms with Crippen LogP contribution in [0.2, 0.25) is 0 Å². The lowest BCUT2D eigenvalue weighted by Crippen LogP contribution is -2.06. The minimum atomic E-state index is -4.29. The molecule has 1 aromatic carbocycles. The summed E-state index contributed by atoms with van der Waals surface area (Å²) in [7, 11) is 0. The average Bonchev–Trinajstić information content (AvgIpc) is 2.69. The van der Waals surface area contributed by atoms with Crippen molar-refractivity contribution in [3.8, 4) is 0 Å². The van der Waals surface area contributed by atoms with Crippen molar-refractivity contribution in [1.29, 1.82) is 0 Å². The highest BCUT2D eigenvalue weighted by atomic mass is 19.4. The largest absolute Gasteiger partial charge is 0.416 e. The van der Waals surface area contributed by atoms with Gasteiger partial charge in [0.15, 0.2) is 0 Å². The fraction of sp³-hybridized carbons (Fsp3) is 0.200. The molecule has 80 valence electrons. The summed E-state index contributed by atoms with van der Waals surface area (Å²) in [4.78, 5) is 5.02. The smallest absolute Gasteiger partial charge is 0.274 e. The van der Waals surface area contributed by atoms with Gasteiger partial charge in [-0.1, -0.05) is 12.1 Å². The van der Waals surface area contributed by atoms with E-state index in [0.29, 0.717) is 5.56 Å². The maximum absolute atomic E-state index is 12.2. The van der Waals surface area contributed by atoms with Crippen molar-refractivity contribution < 1.29 is 18.0 Å². The summed E-state index contributed by atoms with van der Waals surface area (Å²) in [6, 6.07) is 4.91. The Kier molecular flexibility index (Phi) is 2.40. The summed E-state index contributed by atoms with van der Waals surface area (Å²) >= 11 is 0. The topological polar surface area (TPSA) is 21.3 Å². The van der Waals surface area contributed by atoms with E-state index in [0.717, 1.165) is 12.1 Å². The van der Waals surface area contributed by atoms with Crippen molar-refractivity contribution in [3.63, 3.8) is 0 Å². The first-order valence-corrected chi connectivity index (χ1v) is 4.32. The molecule has 1 heterocycles. The number of halogens is 3. The molecule has 0 amide bonds. The highest BCUT2D eigenvalue weighted by Crippen LogP contribution is 2.30. The molecule has 1 aliphatic heterocycles. The zero-order valence-corrected chi connectivity index (χ0v) is 7.58. The normalized spacial score (nSPS) is 20.3. The molecule has 0 aromatic heterocycles. The van der Waals surface area contributed by atoms with Gasteiger partial charge in [0.2, 0.25) is 0 Å². The van der Waals surface area contributed by atoms with Crippen molar-refractivity contribution in [3.05, 3.63) is 47.7 Å². The molecule has 2 nitrogen and oxygen atoms in total. The first-order chi connectivity index (χ1) is 7.07. The van der Waals surface area contributed by atoms with Crippen LogP contribution < -0.4 is 5.48 Å². The van der Waals surface area contributed by atoms with Crippen molar-refractivity contribution in [1.82, 2.24) is 5.48 Å². The third kappa shape index (κ3) is 2.12. The Bertz CT molecular complexity index is 369. The summed E-state index contributed by atoms with van der Waals surface area (Å²) in [5.74, 6) is 0. The summed E-state index contributed by atoms with van der Waals surface area (Å²) in [5.41, 5.74) is 2.55. The van der Waals surface area contributed by atoms with E-state index < -0.39 is 11.7 Å². The lowest BCUT2D eigenvalue weighted by molar-refractivity contribution is -0.137. The molecule has 0 fully saturated rings. The summed E-state index contributed by atoms with van der Waals surface area (Å²) in [6.45, 7) is 0. The van der Waals surface area contributed by atoms with E-state index in [1.54, 1.807) is 12.3 Å². The average molecular weight is 215 g/mol. The molecule has 1 unspecified atom stereocenters. The lowest BCUT2D eigenvalue weighted by atomic mass is 10.1. The van der Waals surface area contributed by atoms with E-state index in [4.69, 9.17) is 4.84 Å². The molecule has 0 spiro atoms. The lowest BCUT2D eigenvalue weighted by Gasteiger charge is -2.10. The third-order valence-electron chi connectivity index (χ3n) is 2.10. The van der Waals surface area contributed by atoms with Crippen LogP contribution in [0.5, 0.6) is 0 Å². The van der Waals surface area contributed by atoms with E-state index in [-0.39, 0.29) is 6.10 Å². The SMILES string of the molecule is FC(F)(F)c1ccc(C2C=CNO2)cc1. The Morgan fingerprint density at radius 3 is 2.27 bits per heavy atom. The summed E-state index contributed by atoms with van der Waals surface area (Å²) in [6.07, 6.45) is -1.28. The number of nitrogens with one attached hydrogen (secondary N) is 1. The fourth-order valence-corrected chi connectivity index (χ4v) is 1.32. The standard InChI is InChI=1S/C10H8F3NO/c11-10(12,13)8-3-1-7(2-4-8)9-5-6-14-15-9/h1-6,9,14H. The highest BCUT2D eigenvalue weighted by Gasteiger charge is 2.30. The first-order valence-electron chi connectivity index (χ1n) is 4.32. The molecule has 15 heavy (non-hydrogen) atoms. The molecule has 5 heteroatoms. The predicted molar refractivity (Wildman–Crippen MR) is 47.5 cm³/mol. The van der Waals surface area contributed by atoms with Gasteiger partial charge in [-0.15, -0.1) is 0 Å². The molecule has 0 saturated heterocycles. The van der Waals surface area contributed by atoms with Crippen LogP contribution in [0.3, 0.4) is 0 Å². The van der Waals surface area contributed by atoms with Crippen LogP contribution >= 0.6 is 0 Å². The molecule has 1 N–H and O–H groups in total. The minimum absolute atomic E-state index is 0.313. The van der Waals surface area contributed by atoms with Gasteiger partial charge in [-0.05, 0) is 23.8 Å². The second-order valence-electron chi connectivity index (χ2n) is 3.14. The summed E-state index contributed by atoms with van der Waals surface area (Å²) in [5, 5.41) is 0. The number of alkyl halides is 3. The van der Waals surface area contributed by atoms with E-state index >= 15 is 0 Å². The molecule has 1 atom stereocenters. The number of hydrogen-bond donors (Lipinski definition) is 1. The zero-order valence-electron chi connectivity index (χ0n) is 7.58. The second-order valence-corrected chi connectivity index (χ2v) is 3.14. The van der Waals surface area contributed by atoms with Crippen molar-refractivity contribution in [2.45, 2.75) is 12.3 Å². The molecule has 0 radical (unpaired) electrons. The Morgan fingerprint density at radius 2 is 1.80 bits per heavy atom. The highest BCUT2D eigenvalue weighted by molar-refractivity contribution is 5.28. The van der Waals surface area contributed by atoms with Gasteiger partial charge in [0, 0.05) is 6.20 Å². The Morgan fingerprint density at radius 1 is 1.13 bits per heavy atom. The maximum atomic E-state index is 12.2. The van der Waals surface area contributed by atoms with Crippen molar-refractivity contribution in [2.24, 2.45) is 0 Å². The number of rotatable bonds is 1. The van der Waals surface area contributed by atoms with Gasteiger partial charge in [0.25, 0.3) is 0 Å². The van der Waals surface area contributed by atoms with Crippen LogP contribution in [-0.2, 0) is 11.0 Å². The molecule has 1 aliphatic rings. The molecule has 0 saturated carbocycles. The van der Waals surface area contributed by atoms with E-state index in [9.17, 15) is 13.2 Å². The maximum Gasteiger partial charge on any atom is 0.416 e. The monoisotopic (exact) mass is 215 g/mol. The van der Waals surface area contributed by atoms with Crippen molar-refractivity contribution in [2.75, 3.05) is 0 Å². The second kappa shape index (κ2) is 3.58. The Hall–Kier alpha value is -1.49. The van der Waals surface area contributed by atoms with Crippen LogP contribution in [0.1, 0.15) is 17.2 Å². The number of benzene rings is 1. The van der Waals surface area contributed by atoms with Crippen LogP contribution in [-0.4, -0.2) is 0 Å². The minimum Gasteiger partial charge on any atom is -0.274 e. The molecule has 0 bridgehead atoms. The Labute approximate surface area is 84.3 Å². The quantitative estimate of drug-likeness (QED) is 0.777. The zero-order chi connectivity index (χ0) is 10.9. The molecule has 0 aliphatic carbocycles. The Balaban J connectivity index is 2.20. The van der Waals surface area contributed by atoms with Gasteiger partial charge >= 0.3 is 6.18 Å². The molecule has 1 aromatic rings. The van der Waals surface area contributed by atoms with Crippen LogP contribution in [0, 0.1) is 0 Å². The van der Waals surface area contributed by atoms with Gasteiger partial charge in [0.05, 0.1) is 5.56 Å². The number of hydrogen-bond acceptors (Lipinski definition) is 2. The van der Waals surface area contributed by atoms with Gasteiger partial charge in [-0.2, -0.15) is 13.2 Å². The van der Waals surface area contributed by atoms with Gasteiger partial charge in [-0.3, -0.25) is 10.3 Å². The molecular weight excluding hydrogens is 207 g/mol. The predicted octanol–water partition coefficient (Wildman–Crippen LogP) is 2.80. The van der Waals surface area contributed by atoms with Gasteiger partial charge in [0.1, 0.15) is 6.10 Å². The van der Waals surface area contributed by atoms with E-state index in [1.165, 1.54) is 12.1 Å². The number of hydroxylamine groups is 1. The van der Waals surface area contributed by atoms with Crippen LogP contribution in [0.15, 0.2) is 36.5 Å². The van der Waals surface area contributed by atoms with Crippen molar-refractivity contribution >= 4 is 0 Å². The van der Waals surface area contributed by atoms with Gasteiger partial charge in [-0.25, -0.2) is 0 Å². The molecule has 2 rings (SSSR count). The third-order valence-corrected chi connectivity index (χ3v) is 2.10. The molecular formula is C10H8F3NO. The van der Waals surface area contributed by atoms with Crippen LogP contribution in [0.25, 0.3) is 0 Å². The van der Waals surface area contributed by atoms with E-state index in [1.807, 2.05) is 0 Å². The first kappa shape index (κ1) is 10.0. The van der Waals surface area contributed by atoms with Gasteiger partial charge < -0.3 is 0 Å². The van der Waals surface area contributed by atoms with E-state index in [2.05, 4.69) is 5.48 Å².